The lowest BCUT2D eigenvalue weighted by Gasteiger charge is -2.26. The second-order valence-electron chi connectivity index (χ2n) is 8.33. The van der Waals surface area contributed by atoms with Crippen LogP contribution in [0.4, 0.5) is 4.79 Å². The Morgan fingerprint density at radius 1 is 1.10 bits per heavy atom. The molecule has 1 rings (SSSR count). The van der Waals surface area contributed by atoms with Gasteiger partial charge in [0.2, 0.25) is 5.91 Å². The smallest absolute Gasteiger partial charge is 0.408 e. The van der Waals surface area contributed by atoms with Crippen molar-refractivity contribution in [1.82, 2.24) is 10.6 Å². The van der Waals surface area contributed by atoms with Crippen LogP contribution in [0.2, 0.25) is 0 Å². The first-order valence-corrected chi connectivity index (χ1v) is 10.9. The molecule has 0 heterocycles. The van der Waals surface area contributed by atoms with Crippen molar-refractivity contribution in [3.05, 3.63) is 34.3 Å². The fraction of sp³-hybridized carbons (Fsp3) is 0.545. The molecule has 31 heavy (non-hydrogen) atoms. The molecule has 172 valence electrons. The highest BCUT2D eigenvalue weighted by molar-refractivity contribution is 9.10. The van der Waals surface area contributed by atoms with Gasteiger partial charge >= 0.3 is 12.1 Å². The molecule has 8 nitrogen and oxygen atoms in total. The molecule has 0 spiro atoms. The Hall–Kier alpha value is -2.42. The van der Waals surface area contributed by atoms with Crippen molar-refractivity contribution >= 4 is 39.7 Å². The second-order valence-corrected chi connectivity index (χ2v) is 9.25. The van der Waals surface area contributed by atoms with Gasteiger partial charge in [0.05, 0.1) is 6.61 Å². The third-order valence-corrected chi connectivity index (χ3v) is 4.51. The van der Waals surface area contributed by atoms with Crippen LogP contribution in [0.3, 0.4) is 0 Å². The van der Waals surface area contributed by atoms with Crippen molar-refractivity contribution in [2.24, 2.45) is 5.92 Å². The molecule has 0 aliphatic carbocycles. The van der Waals surface area contributed by atoms with E-state index in [1.165, 1.54) is 0 Å². The van der Waals surface area contributed by atoms with Crippen molar-refractivity contribution in [2.45, 2.75) is 65.6 Å². The molecule has 0 radical (unpaired) electrons. The summed E-state index contributed by atoms with van der Waals surface area (Å²) in [6.45, 7) is 10.2. The molecule has 0 saturated heterocycles. The number of carbonyl (C=O) groups excluding carboxylic acids is 4. The first-order chi connectivity index (χ1) is 14.3. The van der Waals surface area contributed by atoms with Crippen LogP contribution in [-0.2, 0) is 30.3 Å². The summed E-state index contributed by atoms with van der Waals surface area (Å²) in [5, 5.41) is 4.94. The number of rotatable bonds is 9. The molecule has 0 aromatic heterocycles. The number of benzene rings is 1. The van der Waals surface area contributed by atoms with Gasteiger partial charge in [-0.1, -0.05) is 41.9 Å². The predicted molar refractivity (Wildman–Crippen MR) is 119 cm³/mol. The fourth-order valence-electron chi connectivity index (χ4n) is 2.65. The minimum Gasteiger partial charge on any atom is -0.464 e. The fourth-order valence-corrected chi connectivity index (χ4v) is 3.09. The molecule has 1 aromatic rings. The first kappa shape index (κ1) is 26.6. The molecule has 9 heteroatoms. The number of nitrogens with one attached hydrogen (secondary N) is 2. The van der Waals surface area contributed by atoms with E-state index >= 15 is 0 Å². The van der Waals surface area contributed by atoms with E-state index in [1.54, 1.807) is 59.7 Å². The molecule has 1 unspecified atom stereocenters. The van der Waals surface area contributed by atoms with Crippen molar-refractivity contribution in [3.63, 3.8) is 0 Å². The summed E-state index contributed by atoms with van der Waals surface area (Å²) in [4.78, 5) is 50.2. The Balaban J connectivity index is 2.99. The molecule has 0 aliphatic rings. The number of alkyl carbamates (subject to hydrolysis) is 1. The van der Waals surface area contributed by atoms with Gasteiger partial charge in [0.1, 0.15) is 11.6 Å². The van der Waals surface area contributed by atoms with Crippen molar-refractivity contribution in [1.29, 1.82) is 0 Å². The first-order valence-electron chi connectivity index (χ1n) is 10.1. The van der Waals surface area contributed by atoms with Gasteiger partial charge in [-0.3, -0.25) is 9.59 Å². The highest BCUT2D eigenvalue weighted by Crippen LogP contribution is 2.14. The highest BCUT2D eigenvalue weighted by Gasteiger charge is 2.34. The molecule has 0 saturated carbocycles. The van der Waals surface area contributed by atoms with Gasteiger partial charge in [-0.25, -0.2) is 9.59 Å². The van der Waals surface area contributed by atoms with Crippen LogP contribution >= 0.6 is 15.9 Å². The van der Waals surface area contributed by atoms with Gasteiger partial charge in [0.25, 0.3) is 0 Å². The number of amides is 2. The van der Waals surface area contributed by atoms with E-state index < -0.39 is 41.4 Å². The predicted octanol–water partition coefficient (Wildman–Crippen LogP) is 3.16. The van der Waals surface area contributed by atoms with Gasteiger partial charge in [-0.15, -0.1) is 0 Å². The van der Waals surface area contributed by atoms with E-state index in [0.29, 0.717) is 5.56 Å². The maximum absolute atomic E-state index is 12.9. The van der Waals surface area contributed by atoms with Crippen LogP contribution in [0.25, 0.3) is 0 Å². The number of Topliss-reactive ketones (excluding diaryl/α,β-unsaturated/α-hetero) is 1. The zero-order chi connectivity index (χ0) is 23.8. The van der Waals surface area contributed by atoms with Gasteiger partial charge in [0, 0.05) is 10.9 Å². The van der Waals surface area contributed by atoms with E-state index in [-0.39, 0.29) is 18.9 Å². The summed E-state index contributed by atoms with van der Waals surface area (Å²) in [7, 11) is 0. The maximum atomic E-state index is 12.9. The zero-order valence-electron chi connectivity index (χ0n) is 18.8. The molecule has 0 fully saturated rings. The molecular weight excluding hydrogens is 468 g/mol. The Bertz CT molecular complexity index is 803. The minimum atomic E-state index is -1.49. The Morgan fingerprint density at radius 3 is 2.26 bits per heavy atom. The SMILES string of the molecule is CCOC(=O)C(NC(=O)[C@@H](NC(=O)OC(C)(C)C)C(C)C)C(=O)Cc1cccc(Br)c1. The highest BCUT2D eigenvalue weighted by atomic mass is 79.9. The van der Waals surface area contributed by atoms with Crippen LogP contribution < -0.4 is 10.6 Å². The number of carbonyl (C=O) groups is 4. The third kappa shape index (κ3) is 9.50. The van der Waals surface area contributed by atoms with E-state index in [4.69, 9.17) is 9.47 Å². The van der Waals surface area contributed by atoms with E-state index in [0.717, 1.165) is 4.47 Å². The van der Waals surface area contributed by atoms with Crippen molar-refractivity contribution in [2.75, 3.05) is 6.61 Å². The van der Waals surface area contributed by atoms with Crippen LogP contribution in [0, 0.1) is 5.92 Å². The molecule has 1 aromatic carbocycles. The van der Waals surface area contributed by atoms with Gasteiger partial charge in [0.15, 0.2) is 11.8 Å². The van der Waals surface area contributed by atoms with Crippen molar-refractivity contribution in [3.8, 4) is 0 Å². The molecule has 2 atom stereocenters. The Labute approximate surface area is 191 Å². The van der Waals surface area contributed by atoms with E-state index in [1.807, 2.05) is 6.07 Å². The summed E-state index contributed by atoms with van der Waals surface area (Å²) in [6, 6.07) is 4.58. The summed E-state index contributed by atoms with van der Waals surface area (Å²) >= 11 is 3.34. The van der Waals surface area contributed by atoms with Gasteiger partial charge in [-0.2, -0.15) is 0 Å². The second kappa shape index (κ2) is 11.8. The number of esters is 1. The number of ether oxygens (including phenoxy) is 2. The number of hydrogen-bond donors (Lipinski definition) is 2. The maximum Gasteiger partial charge on any atom is 0.408 e. The summed E-state index contributed by atoms with van der Waals surface area (Å²) in [5.41, 5.74) is -0.0645. The van der Waals surface area contributed by atoms with Gasteiger partial charge in [-0.05, 0) is 51.3 Å². The number of hydrogen-bond acceptors (Lipinski definition) is 6. The lowest BCUT2D eigenvalue weighted by Crippen LogP contribution is -2.56. The third-order valence-electron chi connectivity index (χ3n) is 4.02. The average Bonchev–Trinajstić information content (AvgIpc) is 2.62. The van der Waals surface area contributed by atoms with Gasteiger partial charge < -0.3 is 20.1 Å². The zero-order valence-corrected chi connectivity index (χ0v) is 20.4. The standard InChI is InChI=1S/C22H31BrN2O6/c1-7-30-20(28)18(16(26)12-14-9-8-10-15(23)11-14)24-19(27)17(13(2)3)25-21(29)31-22(4,5)6/h8-11,13,17-18H,7,12H2,1-6H3,(H,24,27)(H,25,29)/t17-,18?/m0/s1. The van der Waals surface area contributed by atoms with Crippen LogP contribution in [-0.4, -0.2) is 48.0 Å². The summed E-state index contributed by atoms with van der Waals surface area (Å²) in [5.74, 6) is -2.38. The minimum absolute atomic E-state index is 0.0547. The van der Waals surface area contributed by atoms with E-state index in [2.05, 4.69) is 26.6 Å². The molecule has 2 N–H and O–H groups in total. The van der Waals surface area contributed by atoms with E-state index in [9.17, 15) is 19.2 Å². The Kier molecular flexibility index (Phi) is 10.2. The lowest BCUT2D eigenvalue weighted by atomic mass is 10.0. The largest absolute Gasteiger partial charge is 0.464 e. The lowest BCUT2D eigenvalue weighted by molar-refractivity contribution is -0.150. The summed E-state index contributed by atoms with van der Waals surface area (Å²) in [6.07, 6.45) is -0.843. The quantitative estimate of drug-likeness (QED) is 0.399. The molecule has 0 aliphatic heterocycles. The van der Waals surface area contributed by atoms with Crippen LogP contribution in [0.15, 0.2) is 28.7 Å². The Morgan fingerprint density at radius 2 is 1.74 bits per heavy atom. The average molecular weight is 499 g/mol. The monoisotopic (exact) mass is 498 g/mol. The van der Waals surface area contributed by atoms with Crippen LogP contribution in [0.1, 0.15) is 47.1 Å². The van der Waals surface area contributed by atoms with Crippen LogP contribution in [0.5, 0.6) is 0 Å². The number of halogens is 1. The molecular formula is C22H31BrN2O6. The topological polar surface area (TPSA) is 111 Å². The normalized spacial score (nSPS) is 13.2. The summed E-state index contributed by atoms with van der Waals surface area (Å²) < 4.78 is 11.0. The number of ketones is 1. The molecule has 0 bridgehead atoms. The van der Waals surface area contributed by atoms with Crippen molar-refractivity contribution < 1.29 is 28.7 Å². The molecule has 2 amide bonds.